The topological polar surface area (TPSA) is 26.0 Å². The molecular weight excluding hydrogens is 204 g/mol. The molecule has 0 saturated carbocycles. The second kappa shape index (κ2) is 23.0. The molecule has 0 aromatic carbocycles. The molecule has 2 N–H and O–H groups in total. The van der Waals surface area contributed by atoms with Crippen LogP contribution < -0.4 is 30.5 Å². The molecule has 0 spiro atoms. The molecule has 0 aliphatic rings. The Morgan fingerprint density at radius 2 is 1.56 bits per heavy atom. The largest absolute Gasteiger partial charge is 2.00 e. The zero-order valence-electron chi connectivity index (χ0n) is 5.50. The second-order valence-corrected chi connectivity index (χ2v) is 1.50. The number of hydrogen-bond donors (Lipinski definition) is 1. The Balaban J connectivity index is -0.0000000417. The van der Waals surface area contributed by atoms with Crippen molar-refractivity contribution in [2.24, 2.45) is 5.73 Å². The molecule has 0 aromatic rings. The first-order valence-electron chi connectivity index (χ1n) is 2.62. The molecule has 1 nitrogen and oxygen atoms in total. The van der Waals surface area contributed by atoms with Gasteiger partial charge in [0.1, 0.15) is 0 Å². The third kappa shape index (κ3) is 27.4. The molecule has 0 atom stereocenters. The van der Waals surface area contributed by atoms with E-state index in [-0.39, 0.29) is 41.6 Å². The summed E-state index contributed by atoms with van der Waals surface area (Å²) in [6.45, 7) is 3.03. The minimum absolute atomic E-state index is 0. The van der Waals surface area contributed by atoms with Gasteiger partial charge in [-0.05, 0) is 13.0 Å². The summed E-state index contributed by atoms with van der Waals surface area (Å²) >= 11 is 0. The molecule has 0 saturated heterocycles. The first-order valence-corrected chi connectivity index (χ1v) is 2.62. The van der Waals surface area contributed by atoms with Crippen LogP contribution in [0, 0.1) is 0 Å². The average molecular weight is 217 g/mol. The molecule has 0 aliphatic carbocycles. The molecule has 1 radical (unpaired) electrons. The van der Waals surface area contributed by atoms with Crippen molar-refractivity contribution in [1.82, 2.24) is 0 Å². The van der Waals surface area contributed by atoms with Crippen LogP contribution in [0.2, 0.25) is 0 Å². The molecular formula is C5H13Cl2CoN. The quantitative estimate of drug-likeness (QED) is 0.471. The molecule has 0 aromatic heterocycles. The maximum Gasteiger partial charge on any atom is 2.00 e. The Hall–Kier alpha value is 1.05. The third-order valence-corrected chi connectivity index (χ3v) is 0.808. The van der Waals surface area contributed by atoms with Gasteiger partial charge in [-0.3, -0.25) is 0 Å². The van der Waals surface area contributed by atoms with E-state index in [0.29, 0.717) is 0 Å². The maximum absolute atomic E-state index is 5.21. The van der Waals surface area contributed by atoms with Gasteiger partial charge in [-0.1, -0.05) is 19.8 Å². The van der Waals surface area contributed by atoms with E-state index in [1.54, 1.807) is 0 Å². The van der Waals surface area contributed by atoms with Crippen molar-refractivity contribution in [3.63, 3.8) is 0 Å². The van der Waals surface area contributed by atoms with Crippen molar-refractivity contribution < 1.29 is 41.6 Å². The summed E-state index contributed by atoms with van der Waals surface area (Å²) < 4.78 is 0. The summed E-state index contributed by atoms with van der Waals surface area (Å²) in [7, 11) is 0. The smallest absolute Gasteiger partial charge is 1.00 e. The van der Waals surface area contributed by atoms with E-state index in [4.69, 9.17) is 5.73 Å². The van der Waals surface area contributed by atoms with Gasteiger partial charge in [0.15, 0.2) is 0 Å². The Morgan fingerprint density at radius 1 is 1.11 bits per heavy atom. The maximum atomic E-state index is 5.21. The van der Waals surface area contributed by atoms with Crippen molar-refractivity contribution in [2.45, 2.75) is 26.2 Å². The number of halogens is 2. The number of unbranched alkanes of at least 4 members (excludes halogenated alkanes) is 2. The van der Waals surface area contributed by atoms with E-state index < -0.39 is 0 Å². The third-order valence-electron chi connectivity index (χ3n) is 0.808. The van der Waals surface area contributed by atoms with E-state index >= 15 is 0 Å². The van der Waals surface area contributed by atoms with Gasteiger partial charge < -0.3 is 30.5 Å². The van der Waals surface area contributed by atoms with E-state index in [2.05, 4.69) is 6.92 Å². The summed E-state index contributed by atoms with van der Waals surface area (Å²) in [5.41, 5.74) is 5.21. The van der Waals surface area contributed by atoms with Crippen LogP contribution in [-0.2, 0) is 16.8 Å². The van der Waals surface area contributed by atoms with Crippen LogP contribution in [0.3, 0.4) is 0 Å². The van der Waals surface area contributed by atoms with E-state index in [1.807, 2.05) is 0 Å². The van der Waals surface area contributed by atoms with Crippen molar-refractivity contribution in [3.05, 3.63) is 0 Å². The zero-order chi connectivity index (χ0) is 4.83. The molecule has 0 bridgehead atoms. The fourth-order valence-corrected chi connectivity index (χ4v) is 0.394. The zero-order valence-corrected chi connectivity index (χ0v) is 8.05. The van der Waals surface area contributed by atoms with Crippen LogP contribution in [0.15, 0.2) is 0 Å². The van der Waals surface area contributed by atoms with Gasteiger partial charge in [0.2, 0.25) is 0 Å². The van der Waals surface area contributed by atoms with Crippen LogP contribution in [0.25, 0.3) is 0 Å². The molecule has 0 fully saturated rings. The summed E-state index contributed by atoms with van der Waals surface area (Å²) in [5.74, 6) is 0. The molecule has 0 aliphatic heterocycles. The van der Waals surface area contributed by atoms with Gasteiger partial charge in [0, 0.05) is 0 Å². The van der Waals surface area contributed by atoms with Crippen LogP contribution in [0.5, 0.6) is 0 Å². The normalized spacial score (nSPS) is 6.00. The summed E-state index contributed by atoms with van der Waals surface area (Å²) in [4.78, 5) is 0. The van der Waals surface area contributed by atoms with Gasteiger partial charge in [0.05, 0.1) is 0 Å². The summed E-state index contributed by atoms with van der Waals surface area (Å²) in [6.07, 6.45) is 3.75. The van der Waals surface area contributed by atoms with Gasteiger partial charge in [0.25, 0.3) is 0 Å². The molecule has 0 unspecified atom stereocenters. The predicted molar refractivity (Wildman–Crippen MR) is 28.6 cm³/mol. The monoisotopic (exact) mass is 216 g/mol. The van der Waals surface area contributed by atoms with Crippen molar-refractivity contribution in [2.75, 3.05) is 6.54 Å². The van der Waals surface area contributed by atoms with Gasteiger partial charge in [-0.15, -0.1) is 0 Å². The van der Waals surface area contributed by atoms with Crippen molar-refractivity contribution >= 4 is 0 Å². The Bertz CT molecular complexity index is 26.9. The molecule has 61 valence electrons. The standard InChI is InChI=1S/C5H13N.2ClH.Co/c1-2-3-4-5-6;;;/h2-6H2,1H3;2*1H;/q;;;+2/p-2. The summed E-state index contributed by atoms with van der Waals surface area (Å²) in [6, 6.07) is 0. The molecule has 0 amide bonds. The van der Waals surface area contributed by atoms with Crippen molar-refractivity contribution in [3.8, 4) is 0 Å². The fourth-order valence-electron chi connectivity index (χ4n) is 0.394. The van der Waals surface area contributed by atoms with Gasteiger partial charge in [-0.25, -0.2) is 0 Å². The minimum atomic E-state index is 0. The first kappa shape index (κ1) is 22.5. The van der Waals surface area contributed by atoms with E-state index in [1.165, 1.54) is 19.3 Å². The van der Waals surface area contributed by atoms with Gasteiger partial charge >= 0.3 is 16.8 Å². The number of rotatable bonds is 3. The van der Waals surface area contributed by atoms with Gasteiger partial charge in [-0.2, -0.15) is 0 Å². The first-order chi connectivity index (χ1) is 2.91. The predicted octanol–water partition coefficient (Wildman–Crippen LogP) is -4.86. The van der Waals surface area contributed by atoms with Crippen LogP contribution in [0.1, 0.15) is 26.2 Å². The van der Waals surface area contributed by atoms with E-state index in [9.17, 15) is 0 Å². The molecule has 0 rings (SSSR count). The van der Waals surface area contributed by atoms with Crippen LogP contribution >= 0.6 is 0 Å². The Morgan fingerprint density at radius 3 is 1.67 bits per heavy atom. The van der Waals surface area contributed by atoms with Crippen LogP contribution in [0.4, 0.5) is 0 Å². The Labute approximate surface area is 80.2 Å². The minimum Gasteiger partial charge on any atom is -1.00 e. The SMILES string of the molecule is CCCCCN.[Cl-].[Cl-].[Co+2]. The average Bonchev–Trinajstić information content (AvgIpc) is 1.61. The molecule has 4 heteroatoms. The van der Waals surface area contributed by atoms with E-state index in [0.717, 1.165) is 6.54 Å². The Kier molecular flexibility index (Phi) is 57.5. The summed E-state index contributed by atoms with van der Waals surface area (Å²) in [5, 5.41) is 0. The van der Waals surface area contributed by atoms with Crippen LogP contribution in [-0.4, -0.2) is 6.54 Å². The number of nitrogens with two attached hydrogens (primary N) is 1. The fraction of sp³-hybridized carbons (Fsp3) is 1.00. The molecule has 9 heavy (non-hydrogen) atoms. The second-order valence-electron chi connectivity index (χ2n) is 1.50. The van der Waals surface area contributed by atoms with Crippen molar-refractivity contribution in [1.29, 1.82) is 0 Å². The molecule has 0 heterocycles. The number of hydrogen-bond acceptors (Lipinski definition) is 1.